The Morgan fingerprint density at radius 3 is 2.48 bits per heavy atom. The van der Waals surface area contributed by atoms with E-state index in [-0.39, 0.29) is 25.0 Å². The van der Waals surface area contributed by atoms with Crippen molar-refractivity contribution in [2.75, 3.05) is 39.3 Å². The highest BCUT2D eigenvalue weighted by atomic mass is 16.6. The largest absolute Gasteiger partial charge is 0.446 e. The molecule has 0 saturated heterocycles. The molecule has 0 aromatic carbocycles. The first-order valence-corrected chi connectivity index (χ1v) is 18.5. The zero-order chi connectivity index (χ0) is 30.9. The van der Waals surface area contributed by atoms with Gasteiger partial charge in [-0.15, -0.1) is 0 Å². The van der Waals surface area contributed by atoms with Crippen LogP contribution in [0.5, 0.6) is 0 Å². The van der Waals surface area contributed by atoms with Gasteiger partial charge in [-0.1, -0.05) is 72.5 Å². The molecule has 0 aliphatic heterocycles. The average molecular weight is 617 g/mol. The summed E-state index contributed by atoms with van der Waals surface area (Å²) >= 11 is 0. The van der Waals surface area contributed by atoms with Gasteiger partial charge in [-0.2, -0.15) is 0 Å². The number of fused-ring (bicyclic) bond motifs is 5. The van der Waals surface area contributed by atoms with Gasteiger partial charge in [0.15, 0.2) is 0 Å². The Morgan fingerprint density at radius 1 is 0.977 bits per heavy atom. The summed E-state index contributed by atoms with van der Waals surface area (Å²) < 4.78 is 6.23. The number of nitrogens with two attached hydrogens (primary N) is 2. The number of carbonyl (C=O) groups is 1. The molecule has 0 spiro atoms. The Bertz CT molecular complexity index is 894. The van der Waals surface area contributed by atoms with Crippen molar-refractivity contribution in [3.63, 3.8) is 0 Å². The molecule has 6 nitrogen and oxygen atoms in total. The molecule has 0 bridgehead atoms. The second kappa shape index (κ2) is 17.7. The van der Waals surface area contributed by atoms with E-state index in [0.717, 1.165) is 101 Å². The molecule has 0 aromatic heterocycles. The first kappa shape index (κ1) is 37.3. The standard InChI is InChI=1S/C37H68N4O2.CH4/c1-5-6-7-12-28(2)32-15-16-33-31-14-13-29-27-30(17-19-36(29,3)34(31)18-20-37(32,33)4)43-35(42)41(26-11-22-39)25-9-8-23-40-24-10-21-38;/h13,28,30-34,40H,5-12,14-27,38-39H2,1-4H3;1H4. The fraction of sp³-hybridized carbons (Fsp3) is 0.921. The lowest BCUT2D eigenvalue weighted by molar-refractivity contribution is -0.0593. The van der Waals surface area contributed by atoms with Crippen LogP contribution in [0.15, 0.2) is 11.6 Å². The number of hydrogen-bond acceptors (Lipinski definition) is 5. The Labute approximate surface area is 272 Å². The van der Waals surface area contributed by atoms with Crippen LogP contribution in [0.2, 0.25) is 0 Å². The van der Waals surface area contributed by atoms with Crippen LogP contribution in [0.4, 0.5) is 4.79 Å². The zero-order valence-corrected chi connectivity index (χ0v) is 28.5. The first-order chi connectivity index (χ1) is 20.8. The first-order valence-electron chi connectivity index (χ1n) is 18.5. The van der Waals surface area contributed by atoms with E-state index in [2.05, 4.69) is 39.1 Å². The number of nitrogens with one attached hydrogen (secondary N) is 1. The minimum atomic E-state index is -0.133. The summed E-state index contributed by atoms with van der Waals surface area (Å²) in [6.45, 7) is 14.8. The number of hydrogen-bond donors (Lipinski definition) is 3. The van der Waals surface area contributed by atoms with Crippen molar-refractivity contribution in [1.82, 2.24) is 10.2 Å². The van der Waals surface area contributed by atoms with E-state index < -0.39 is 0 Å². The zero-order valence-electron chi connectivity index (χ0n) is 28.5. The number of carbonyl (C=O) groups excluding carboxylic acids is 1. The molecule has 256 valence electrons. The van der Waals surface area contributed by atoms with Gasteiger partial charge in [0, 0.05) is 19.5 Å². The topological polar surface area (TPSA) is 93.6 Å². The predicted molar refractivity (Wildman–Crippen MR) is 187 cm³/mol. The quantitative estimate of drug-likeness (QED) is 0.113. The fourth-order valence-electron chi connectivity index (χ4n) is 10.3. The fourth-order valence-corrected chi connectivity index (χ4v) is 10.3. The van der Waals surface area contributed by atoms with E-state index >= 15 is 0 Å². The third-order valence-corrected chi connectivity index (χ3v) is 12.8. The lowest BCUT2D eigenvalue weighted by Gasteiger charge is -2.58. The molecule has 0 aromatic rings. The summed E-state index contributed by atoms with van der Waals surface area (Å²) in [6, 6.07) is 0. The summed E-state index contributed by atoms with van der Waals surface area (Å²) in [5.41, 5.74) is 13.8. The number of ether oxygens (including phenoxy) is 1. The maximum Gasteiger partial charge on any atom is 0.410 e. The third kappa shape index (κ3) is 8.62. The molecular formula is C38H72N4O2. The molecule has 0 heterocycles. The highest BCUT2D eigenvalue weighted by Gasteiger charge is 2.59. The lowest BCUT2D eigenvalue weighted by atomic mass is 9.47. The molecule has 3 saturated carbocycles. The van der Waals surface area contributed by atoms with Crippen LogP contribution in [0.3, 0.4) is 0 Å². The predicted octanol–water partition coefficient (Wildman–Crippen LogP) is 8.29. The van der Waals surface area contributed by atoms with Crippen molar-refractivity contribution in [3.05, 3.63) is 11.6 Å². The van der Waals surface area contributed by atoms with Gasteiger partial charge in [0.1, 0.15) is 6.10 Å². The van der Waals surface area contributed by atoms with Crippen molar-refractivity contribution in [2.45, 2.75) is 144 Å². The number of nitrogens with zero attached hydrogens (tertiary/aromatic N) is 1. The second-order valence-electron chi connectivity index (χ2n) is 15.4. The van der Waals surface area contributed by atoms with Crippen molar-refractivity contribution < 1.29 is 9.53 Å². The lowest BCUT2D eigenvalue weighted by Crippen LogP contribution is -2.51. The van der Waals surface area contributed by atoms with E-state index in [9.17, 15) is 4.79 Å². The number of allylic oxidation sites excluding steroid dienone is 1. The number of amides is 1. The number of unbranched alkanes of at least 4 members (excludes halogenated alkanes) is 3. The molecule has 44 heavy (non-hydrogen) atoms. The summed E-state index contributed by atoms with van der Waals surface area (Å²) in [6.07, 6.45) is 21.9. The van der Waals surface area contributed by atoms with Gasteiger partial charge < -0.3 is 26.4 Å². The van der Waals surface area contributed by atoms with Crippen LogP contribution in [0, 0.1) is 40.4 Å². The Hall–Kier alpha value is -1.11. The minimum absolute atomic E-state index is 0. The SMILES string of the molecule is C.CCCCCC(C)C1CCC2C3CC=C4CC(OC(=O)N(CCCN)CCCCNCCCN)CCC4(C)C3CCC12C. The molecule has 8 atom stereocenters. The maximum atomic E-state index is 13.3. The third-order valence-electron chi connectivity index (χ3n) is 12.8. The van der Waals surface area contributed by atoms with Crippen molar-refractivity contribution in [2.24, 2.45) is 51.9 Å². The van der Waals surface area contributed by atoms with Crippen LogP contribution >= 0.6 is 0 Å². The Morgan fingerprint density at radius 2 is 1.73 bits per heavy atom. The van der Waals surface area contributed by atoms with Crippen LogP contribution < -0.4 is 16.8 Å². The van der Waals surface area contributed by atoms with Crippen molar-refractivity contribution >= 4 is 6.09 Å². The maximum absolute atomic E-state index is 13.3. The molecule has 6 heteroatoms. The van der Waals surface area contributed by atoms with Gasteiger partial charge in [0.25, 0.3) is 0 Å². The summed E-state index contributed by atoms with van der Waals surface area (Å²) in [4.78, 5) is 15.2. The summed E-state index contributed by atoms with van der Waals surface area (Å²) in [7, 11) is 0. The van der Waals surface area contributed by atoms with Gasteiger partial charge in [-0.05, 0) is 137 Å². The molecule has 4 aliphatic rings. The molecule has 4 aliphatic carbocycles. The normalized spacial score (nSPS) is 33.3. The van der Waals surface area contributed by atoms with Gasteiger partial charge in [-0.3, -0.25) is 0 Å². The monoisotopic (exact) mass is 617 g/mol. The van der Waals surface area contributed by atoms with Gasteiger partial charge in [0.05, 0.1) is 0 Å². The van der Waals surface area contributed by atoms with Gasteiger partial charge in [-0.25, -0.2) is 4.79 Å². The summed E-state index contributed by atoms with van der Waals surface area (Å²) in [5.74, 6) is 4.32. The molecule has 0 radical (unpaired) electrons. The van der Waals surface area contributed by atoms with E-state index in [1.807, 2.05) is 4.90 Å². The molecule has 4 rings (SSSR count). The van der Waals surface area contributed by atoms with Crippen LogP contribution in [0.25, 0.3) is 0 Å². The second-order valence-corrected chi connectivity index (χ2v) is 15.4. The van der Waals surface area contributed by atoms with E-state index in [4.69, 9.17) is 16.2 Å². The van der Waals surface area contributed by atoms with E-state index in [0.29, 0.717) is 18.5 Å². The molecule has 5 N–H and O–H groups in total. The Kier molecular flexibility index (Phi) is 15.0. The summed E-state index contributed by atoms with van der Waals surface area (Å²) in [5, 5.41) is 3.44. The van der Waals surface area contributed by atoms with E-state index in [1.165, 1.54) is 57.8 Å². The van der Waals surface area contributed by atoms with Crippen molar-refractivity contribution in [3.8, 4) is 0 Å². The molecular weight excluding hydrogens is 544 g/mol. The molecule has 1 amide bonds. The van der Waals surface area contributed by atoms with Crippen LogP contribution in [0.1, 0.15) is 138 Å². The number of rotatable bonds is 17. The smallest absolute Gasteiger partial charge is 0.410 e. The Balaban J connectivity index is 0.00000529. The minimum Gasteiger partial charge on any atom is -0.446 e. The molecule has 8 unspecified atom stereocenters. The highest BCUT2D eigenvalue weighted by molar-refractivity contribution is 5.67. The van der Waals surface area contributed by atoms with E-state index in [1.54, 1.807) is 5.57 Å². The van der Waals surface area contributed by atoms with Crippen LogP contribution in [-0.2, 0) is 4.74 Å². The molecule has 3 fully saturated rings. The van der Waals surface area contributed by atoms with Gasteiger partial charge >= 0.3 is 6.09 Å². The average Bonchev–Trinajstić information content (AvgIpc) is 3.35. The van der Waals surface area contributed by atoms with Gasteiger partial charge in [0.2, 0.25) is 0 Å². The van der Waals surface area contributed by atoms with Crippen LogP contribution in [-0.4, -0.2) is 56.4 Å². The highest BCUT2D eigenvalue weighted by Crippen LogP contribution is 2.67. The van der Waals surface area contributed by atoms with Crippen molar-refractivity contribution in [1.29, 1.82) is 0 Å².